The average molecular weight is 226 g/mol. The molecule has 2 aromatic heterocycles. The molecule has 0 saturated carbocycles. The van der Waals surface area contributed by atoms with E-state index in [0.29, 0.717) is 17.2 Å². The molecule has 0 fully saturated rings. The van der Waals surface area contributed by atoms with Gasteiger partial charge in [-0.15, -0.1) is 0 Å². The number of nitrogens with one attached hydrogen (secondary N) is 1. The van der Waals surface area contributed by atoms with Crippen LogP contribution in [0.25, 0.3) is 17.0 Å². The molecule has 3 N–H and O–H groups in total. The number of H-pyrrole nitrogens is 1. The Morgan fingerprint density at radius 2 is 1.94 bits per heavy atom. The predicted molar refractivity (Wildman–Crippen MR) is 65.7 cm³/mol. The second kappa shape index (κ2) is 3.48. The minimum atomic E-state index is -0.143. The summed E-state index contributed by atoms with van der Waals surface area (Å²) in [7, 11) is 0. The molecule has 0 radical (unpaired) electrons. The van der Waals surface area contributed by atoms with Gasteiger partial charge in [0.25, 0.3) is 5.56 Å². The SMILES string of the molecule is Nc1ccccc1-c1nc2cccc(=O)n2[nH]1. The lowest BCUT2D eigenvalue weighted by molar-refractivity contribution is 0.924. The highest BCUT2D eigenvalue weighted by molar-refractivity contribution is 5.72. The predicted octanol–water partition coefficient (Wildman–Crippen LogP) is 1.27. The number of hydrogen-bond acceptors (Lipinski definition) is 3. The number of pyridine rings is 1. The van der Waals surface area contributed by atoms with E-state index in [0.717, 1.165) is 5.56 Å². The van der Waals surface area contributed by atoms with Gasteiger partial charge in [0, 0.05) is 17.3 Å². The van der Waals surface area contributed by atoms with E-state index in [9.17, 15) is 4.79 Å². The number of benzene rings is 1. The Morgan fingerprint density at radius 3 is 2.71 bits per heavy atom. The van der Waals surface area contributed by atoms with Crippen LogP contribution in [0.5, 0.6) is 0 Å². The molecule has 2 heterocycles. The molecule has 1 aromatic carbocycles. The van der Waals surface area contributed by atoms with Gasteiger partial charge in [0.1, 0.15) is 0 Å². The first-order valence-electron chi connectivity index (χ1n) is 5.18. The number of nitrogens with zero attached hydrogens (tertiary/aromatic N) is 2. The van der Waals surface area contributed by atoms with E-state index >= 15 is 0 Å². The fourth-order valence-corrected chi connectivity index (χ4v) is 1.76. The van der Waals surface area contributed by atoms with Crippen molar-refractivity contribution in [1.82, 2.24) is 14.6 Å². The van der Waals surface area contributed by atoms with Gasteiger partial charge in [-0.1, -0.05) is 18.2 Å². The molecule has 0 atom stereocenters. The summed E-state index contributed by atoms with van der Waals surface area (Å²) < 4.78 is 1.39. The number of aromatic amines is 1. The van der Waals surface area contributed by atoms with Gasteiger partial charge < -0.3 is 5.73 Å². The number of nitrogens with two attached hydrogens (primary N) is 1. The Hall–Kier alpha value is -2.56. The van der Waals surface area contributed by atoms with Crippen molar-refractivity contribution in [3.8, 4) is 11.4 Å². The number of nitrogen functional groups attached to an aromatic ring is 1. The number of anilines is 1. The van der Waals surface area contributed by atoms with E-state index in [4.69, 9.17) is 5.73 Å². The largest absolute Gasteiger partial charge is 0.398 e. The smallest absolute Gasteiger partial charge is 0.271 e. The summed E-state index contributed by atoms with van der Waals surface area (Å²) in [5, 5.41) is 2.93. The summed E-state index contributed by atoms with van der Waals surface area (Å²) in [6.07, 6.45) is 0. The molecule has 3 aromatic rings. The van der Waals surface area contributed by atoms with Gasteiger partial charge in [-0.3, -0.25) is 9.89 Å². The normalized spacial score (nSPS) is 10.8. The van der Waals surface area contributed by atoms with Crippen LogP contribution < -0.4 is 11.3 Å². The number of hydrogen-bond donors (Lipinski definition) is 2. The molecule has 17 heavy (non-hydrogen) atoms. The number of aromatic nitrogens is 3. The van der Waals surface area contributed by atoms with Gasteiger partial charge >= 0.3 is 0 Å². The topological polar surface area (TPSA) is 76.2 Å². The second-order valence-corrected chi connectivity index (χ2v) is 3.72. The van der Waals surface area contributed by atoms with Gasteiger partial charge in [0.05, 0.1) is 0 Å². The van der Waals surface area contributed by atoms with Crippen LogP contribution in [-0.2, 0) is 0 Å². The van der Waals surface area contributed by atoms with Crippen LogP contribution in [-0.4, -0.2) is 14.6 Å². The minimum Gasteiger partial charge on any atom is -0.398 e. The van der Waals surface area contributed by atoms with Crippen LogP contribution in [0.3, 0.4) is 0 Å². The van der Waals surface area contributed by atoms with Crippen molar-refractivity contribution in [2.75, 3.05) is 5.73 Å². The van der Waals surface area contributed by atoms with Gasteiger partial charge in [-0.2, -0.15) is 4.52 Å². The molecular formula is C12H10N4O. The molecule has 3 rings (SSSR count). The Morgan fingerprint density at radius 1 is 1.12 bits per heavy atom. The van der Waals surface area contributed by atoms with Gasteiger partial charge in [0.15, 0.2) is 11.5 Å². The fourth-order valence-electron chi connectivity index (χ4n) is 1.76. The van der Waals surface area contributed by atoms with Gasteiger partial charge in [-0.25, -0.2) is 4.98 Å². The van der Waals surface area contributed by atoms with Crippen molar-refractivity contribution in [2.45, 2.75) is 0 Å². The fraction of sp³-hybridized carbons (Fsp3) is 0. The quantitative estimate of drug-likeness (QED) is 0.613. The first-order chi connectivity index (χ1) is 8.25. The third-order valence-electron chi connectivity index (χ3n) is 2.59. The molecule has 0 amide bonds. The summed E-state index contributed by atoms with van der Waals surface area (Å²) in [6.45, 7) is 0. The summed E-state index contributed by atoms with van der Waals surface area (Å²) in [6, 6.07) is 12.3. The summed E-state index contributed by atoms with van der Waals surface area (Å²) in [5.74, 6) is 0.589. The maximum atomic E-state index is 11.6. The highest BCUT2D eigenvalue weighted by atomic mass is 16.1. The van der Waals surface area contributed by atoms with Crippen molar-refractivity contribution in [3.63, 3.8) is 0 Å². The van der Waals surface area contributed by atoms with Gasteiger partial charge in [-0.05, 0) is 18.2 Å². The zero-order valence-corrected chi connectivity index (χ0v) is 8.92. The molecule has 0 aliphatic rings. The van der Waals surface area contributed by atoms with Gasteiger partial charge in [0.2, 0.25) is 0 Å². The van der Waals surface area contributed by atoms with E-state index in [1.54, 1.807) is 18.2 Å². The van der Waals surface area contributed by atoms with Crippen LogP contribution in [0.2, 0.25) is 0 Å². The highest BCUT2D eigenvalue weighted by Crippen LogP contribution is 2.21. The third-order valence-corrected chi connectivity index (χ3v) is 2.59. The van der Waals surface area contributed by atoms with Crippen molar-refractivity contribution in [2.24, 2.45) is 0 Å². The Labute approximate surface area is 96.5 Å². The zero-order valence-electron chi connectivity index (χ0n) is 8.92. The van der Waals surface area contributed by atoms with E-state index in [1.165, 1.54) is 10.6 Å². The van der Waals surface area contributed by atoms with E-state index in [1.807, 2.05) is 18.2 Å². The zero-order chi connectivity index (χ0) is 11.8. The van der Waals surface area contributed by atoms with Crippen molar-refractivity contribution in [3.05, 3.63) is 52.8 Å². The molecule has 0 bridgehead atoms. The standard InChI is InChI=1S/C12H10N4O/c13-9-5-2-1-4-8(9)12-14-10-6-3-7-11(17)16(10)15-12/h1-7H,13H2,(H,14,15). The second-order valence-electron chi connectivity index (χ2n) is 3.72. The number of rotatable bonds is 1. The van der Waals surface area contributed by atoms with E-state index in [2.05, 4.69) is 10.1 Å². The summed E-state index contributed by atoms with van der Waals surface area (Å²) in [4.78, 5) is 15.9. The lowest BCUT2D eigenvalue weighted by Crippen LogP contribution is -2.11. The van der Waals surface area contributed by atoms with Crippen molar-refractivity contribution >= 4 is 11.3 Å². The molecule has 0 saturated heterocycles. The lowest BCUT2D eigenvalue weighted by atomic mass is 10.2. The summed E-state index contributed by atoms with van der Waals surface area (Å²) in [5.41, 5.74) is 7.71. The number of fused-ring (bicyclic) bond motifs is 1. The molecule has 0 unspecified atom stereocenters. The lowest BCUT2D eigenvalue weighted by Gasteiger charge is -1.99. The molecular weight excluding hydrogens is 216 g/mol. The molecule has 84 valence electrons. The monoisotopic (exact) mass is 226 g/mol. The van der Waals surface area contributed by atoms with Crippen LogP contribution in [0.4, 0.5) is 5.69 Å². The summed E-state index contributed by atoms with van der Waals surface area (Å²) >= 11 is 0. The van der Waals surface area contributed by atoms with Crippen LogP contribution in [0, 0.1) is 0 Å². The van der Waals surface area contributed by atoms with E-state index in [-0.39, 0.29) is 5.56 Å². The third kappa shape index (κ3) is 1.48. The Balaban J connectivity index is 2.30. The Kier molecular flexibility index (Phi) is 1.98. The van der Waals surface area contributed by atoms with Crippen LogP contribution in [0.1, 0.15) is 0 Å². The van der Waals surface area contributed by atoms with Crippen LogP contribution in [0.15, 0.2) is 47.3 Å². The minimum absolute atomic E-state index is 0.143. The maximum absolute atomic E-state index is 11.6. The average Bonchev–Trinajstić information content (AvgIpc) is 2.75. The first kappa shape index (κ1) is 9.65. The van der Waals surface area contributed by atoms with E-state index < -0.39 is 0 Å². The van der Waals surface area contributed by atoms with Crippen LogP contribution >= 0.6 is 0 Å². The molecule has 0 aliphatic carbocycles. The highest BCUT2D eigenvalue weighted by Gasteiger charge is 2.07. The number of para-hydroxylation sites is 1. The van der Waals surface area contributed by atoms with Crippen molar-refractivity contribution < 1.29 is 0 Å². The molecule has 0 aliphatic heterocycles. The Bertz CT molecular complexity index is 741. The molecule has 5 nitrogen and oxygen atoms in total. The first-order valence-corrected chi connectivity index (χ1v) is 5.18. The van der Waals surface area contributed by atoms with Crippen molar-refractivity contribution in [1.29, 1.82) is 0 Å². The maximum Gasteiger partial charge on any atom is 0.271 e. The molecule has 0 spiro atoms. The molecule has 5 heteroatoms.